The van der Waals surface area contributed by atoms with Crippen molar-refractivity contribution in [3.63, 3.8) is 0 Å². The molecule has 0 saturated heterocycles. The molecule has 0 radical (unpaired) electrons. The lowest BCUT2D eigenvalue weighted by atomic mass is 10.1. The Labute approximate surface area is 205 Å². The van der Waals surface area contributed by atoms with Gasteiger partial charge in [-0.1, -0.05) is 55.1 Å². The van der Waals surface area contributed by atoms with Gasteiger partial charge in [0, 0.05) is 5.56 Å². The molecule has 2 atom stereocenters. The maximum Gasteiger partial charge on any atom is 0.156 e. The molecule has 2 aromatic carbocycles. The summed E-state index contributed by atoms with van der Waals surface area (Å²) in [6.07, 6.45) is 3.37. The maximum absolute atomic E-state index is 6.11. The van der Waals surface area contributed by atoms with Gasteiger partial charge in [-0.05, 0) is 76.9 Å². The molecular weight excluding hydrogens is 426 g/mol. The van der Waals surface area contributed by atoms with Gasteiger partial charge in [-0.25, -0.2) is 0 Å². The second-order valence-electron chi connectivity index (χ2n) is 7.46. The van der Waals surface area contributed by atoms with Crippen molar-refractivity contribution in [1.29, 1.82) is 0 Å². The molecule has 0 saturated carbocycles. The van der Waals surface area contributed by atoms with Gasteiger partial charge < -0.3 is 19.0 Å². The minimum absolute atomic E-state index is 0.282. The first kappa shape index (κ1) is 28.6. The van der Waals surface area contributed by atoms with Gasteiger partial charge in [0.25, 0.3) is 0 Å². The molecule has 0 aliphatic rings. The number of hydrogen-bond donors (Lipinski definition) is 0. The van der Waals surface area contributed by atoms with Gasteiger partial charge in [-0.2, -0.15) is 0 Å². The van der Waals surface area contributed by atoms with Crippen molar-refractivity contribution in [2.45, 2.75) is 67.6 Å². The fourth-order valence-corrected chi connectivity index (χ4v) is 3.08. The third kappa shape index (κ3) is 9.62. The van der Waals surface area contributed by atoms with Gasteiger partial charge in [0.05, 0.1) is 5.71 Å². The summed E-state index contributed by atoms with van der Waals surface area (Å²) in [6, 6.07) is 11.7. The van der Waals surface area contributed by atoms with E-state index in [0.29, 0.717) is 6.61 Å². The van der Waals surface area contributed by atoms with Gasteiger partial charge in [0.1, 0.15) is 31.0 Å². The van der Waals surface area contributed by atoms with Crippen LogP contribution in [0.5, 0.6) is 17.2 Å². The Morgan fingerprint density at radius 1 is 0.971 bits per heavy atom. The van der Waals surface area contributed by atoms with Crippen molar-refractivity contribution in [2.75, 3.05) is 13.7 Å². The highest BCUT2D eigenvalue weighted by Crippen LogP contribution is 2.29. The van der Waals surface area contributed by atoms with E-state index in [1.165, 1.54) is 7.11 Å². The number of allylic oxidation sites excluding steroid dienone is 1. The predicted octanol–water partition coefficient (Wildman–Crippen LogP) is 6.89. The quantitative estimate of drug-likeness (QED) is 0.175. The van der Waals surface area contributed by atoms with E-state index in [2.05, 4.69) is 17.0 Å². The SMILES string of the molecule is C/C=C/COc1cc(C)c(OC(C)C#CC(C)Oc2cccc(/C(C)=N\OC)c2)c(C)c1.CC. The van der Waals surface area contributed by atoms with Gasteiger partial charge >= 0.3 is 0 Å². The summed E-state index contributed by atoms with van der Waals surface area (Å²) < 4.78 is 17.8. The first-order chi connectivity index (χ1) is 16.3. The molecule has 2 unspecified atom stereocenters. The normalized spacial score (nSPS) is 12.6. The zero-order valence-electron chi connectivity index (χ0n) is 22.1. The van der Waals surface area contributed by atoms with Crippen LogP contribution in [0.2, 0.25) is 0 Å². The lowest BCUT2D eigenvalue weighted by Crippen LogP contribution is -2.14. The molecule has 0 spiro atoms. The van der Waals surface area contributed by atoms with E-state index >= 15 is 0 Å². The number of ether oxygens (including phenoxy) is 3. The molecule has 0 fully saturated rings. The molecule has 0 heterocycles. The predicted molar refractivity (Wildman–Crippen MR) is 141 cm³/mol. The molecule has 5 nitrogen and oxygen atoms in total. The van der Waals surface area contributed by atoms with Gasteiger partial charge in [0.15, 0.2) is 12.2 Å². The van der Waals surface area contributed by atoms with Gasteiger partial charge in [-0.3, -0.25) is 0 Å². The number of aryl methyl sites for hydroxylation is 2. The molecule has 184 valence electrons. The van der Waals surface area contributed by atoms with E-state index in [1.807, 2.05) is 104 Å². The standard InChI is InChI=1S/C27H33NO4.C2H6/c1-8-9-15-30-26-16-19(2)27(20(3)17-26)32-22(5)14-13-21(4)31-25-12-10-11-24(18-25)23(6)28-29-7;1-2/h8-12,16-18,21-22H,15H2,1-7H3;1-2H3/b9-8+,28-23-;. The Bertz CT molecular complexity index is 991. The topological polar surface area (TPSA) is 49.3 Å². The van der Waals surface area contributed by atoms with E-state index in [-0.39, 0.29) is 12.2 Å². The van der Waals surface area contributed by atoms with E-state index in [4.69, 9.17) is 19.0 Å². The van der Waals surface area contributed by atoms with Crippen molar-refractivity contribution in [3.05, 3.63) is 65.2 Å². The summed E-state index contributed by atoms with van der Waals surface area (Å²) in [7, 11) is 1.53. The average molecular weight is 466 g/mol. The second kappa shape index (κ2) is 15.4. The average Bonchev–Trinajstić information content (AvgIpc) is 2.82. The van der Waals surface area contributed by atoms with Crippen LogP contribution in [-0.2, 0) is 4.84 Å². The fraction of sp³-hybridized carbons (Fsp3) is 0.414. The molecular formula is C29H39NO4. The van der Waals surface area contributed by atoms with Crippen molar-refractivity contribution < 1.29 is 19.0 Å². The molecule has 0 bridgehead atoms. The van der Waals surface area contributed by atoms with Crippen molar-refractivity contribution >= 4 is 5.71 Å². The molecule has 0 aliphatic carbocycles. The summed E-state index contributed by atoms with van der Waals surface area (Å²) in [5, 5.41) is 3.96. The Balaban J connectivity index is 0.00000281. The first-order valence-electron chi connectivity index (χ1n) is 11.7. The zero-order valence-corrected chi connectivity index (χ0v) is 22.1. The van der Waals surface area contributed by atoms with Crippen LogP contribution in [0.4, 0.5) is 0 Å². The molecule has 0 amide bonds. The van der Waals surface area contributed by atoms with E-state index in [0.717, 1.165) is 39.7 Å². The van der Waals surface area contributed by atoms with Crippen LogP contribution in [0.3, 0.4) is 0 Å². The Morgan fingerprint density at radius 2 is 1.59 bits per heavy atom. The van der Waals surface area contributed by atoms with Crippen LogP contribution in [0.15, 0.2) is 53.7 Å². The van der Waals surface area contributed by atoms with Crippen LogP contribution in [-0.4, -0.2) is 31.6 Å². The van der Waals surface area contributed by atoms with E-state index < -0.39 is 0 Å². The van der Waals surface area contributed by atoms with E-state index in [1.54, 1.807) is 0 Å². The maximum atomic E-state index is 6.11. The largest absolute Gasteiger partial charge is 0.490 e. The van der Waals surface area contributed by atoms with Crippen LogP contribution in [0, 0.1) is 25.7 Å². The first-order valence-corrected chi connectivity index (χ1v) is 11.7. The molecule has 0 aliphatic heterocycles. The number of rotatable bonds is 9. The van der Waals surface area contributed by atoms with Crippen LogP contribution >= 0.6 is 0 Å². The molecule has 34 heavy (non-hydrogen) atoms. The van der Waals surface area contributed by atoms with Crippen molar-refractivity contribution in [2.24, 2.45) is 5.16 Å². The van der Waals surface area contributed by atoms with E-state index in [9.17, 15) is 0 Å². The minimum atomic E-state index is -0.291. The number of benzene rings is 2. The molecule has 0 aromatic heterocycles. The Kier molecular flexibility index (Phi) is 13.0. The number of oxime groups is 1. The second-order valence-corrected chi connectivity index (χ2v) is 7.46. The fourth-order valence-electron chi connectivity index (χ4n) is 3.08. The lowest BCUT2D eigenvalue weighted by Gasteiger charge is -2.16. The summed E-state index contributed by atoms with van der Waals surface area (Å²) in [5.74, 6) is 8.65. The smallest absolute Gasteiger partial charge is 0.156 e. The molecule has 5 heteroatoms. The summed E-state index contributed by atoms with van der Waals surface area (Å²) in [6.45, 7) is 16.3. The Morgan fingerprint density at radius 3 is 2.18 bits per heavy atom. The zero-order chi connectivity index (χ0) is 25.5. The molecule has 2 rings (SSSR count). The van der Waals surface area contributed by atoms with Crippen LogP contribution in [0.1, 0.15) is 58.2 Å². The summed E-state index contributed by atoms with van der Waals surface area (Å²) >= 11 is 0. The summed E-state index contributed by atoms with van der Waals surface area (Å²) in [5.41, 5.74) is 3.75. The highest BCUT2D eigenvalue weighted by atomic mass is 16.6. The third-order valence-corrected chi connectivity index (χ3v) is 4.59. The van der Waals surface area contributed by atoms with Crippen LogP contribution < -0.4 is 14.2 Å². The molecule has 0 N–H and O–H groups in total. The summed E-state index contributed by atoms with van der Waals surface area (Å²) in [4.78, 5) is 4.84. The lowest BCUT2D eigenvalue weighted by molar-refractivity contribution is 0.213. The molecule has 2 aromatic rings. The number of nitrogens with zero attached hydrogens (tertiary/aromatic N) is 1. The number of hydrogen-bond acceptors (Lipinski definition) is 5. The van der Waals surface area contributed by atoms with Gasteiger partial charge in [0.2, 0.25) is 0 Å². The Hall–Kier alpha value is -3.39. The van der Waals surface area contributed by atoms with Crippen molar-refractivity contribution in [1.82, 2.24) is 0 Å². The van der Waals surface area contributed by atoms with Crippen molar-refractivity contribution in [3.8, 4) is 29.1 Å². The highest BCUT2D eigenvalue weighted by molar-refractivity contribution is 5.98. The monoisotopic (exact) mass is 465 g/mol. The van der Waals surface area contributed by atoms with Crippen LogP contribution in [0.25, 0.3) is 0 Å². The third-order valence-electron chi connectivity index (χ3n) is 4.59. The minimum Gasteiger partial charge on any atom is -0.490 e. The highest BCUT2D eigenvalue weighted by Gasteiger charge is 2.10. The van der Waals surface area contributed by atoms with Gasteiger partial charge in [-0.15, -0.1) is 0 Å².